The van der Waals surface area contributed by atoms with Gasteiger partial charge in [-0.1, -0.05) is 0 Å². The van der Waals surface area contributed by atoms with Gasteiger partial charge in [-0.25, -0.2) is 0 Å². The van der Waals surface area contributed by atoms with Crippen LogP contribution in [-0.2, 0) is 0 Å². The summed E-state index contributed by atoms with van der Waals surface area (Å²) in [5.74, 6) is 0.770. The minimum atomic E-state index is 0.110. The second-order valence-corrected chi connectivity index (χ2v) is 5.34. The topological polar surface area (TPSA) is 69.7 Å². The summed E-state index contributed by atoms with van der Waals surface area (Å²) in [5.41, 5.74) is 6.68. The first kappa shape index (κ1) is 13.2. The average molecular weight is 250 g/mol. The first-order chi connectivity index (χ1) is 8.51. The van der Waals surface area contributed by atoms with Crippen LogP contribution in [0.3, 0.4) is 0 Å². The normalized spacial score (nSPS) is 26.4. The van der Waals surface area contributed by atoms with Crippen molar-refractivity contribution in [3.05, 3.63) is 23.8 Å². The molecule has 0 spiro atoms. The van der Waals surface area contributed by atoms with Crippen LogP contribution in [0.2, 0.25) is 0 Å². The third-order valence-electron chi connectivity index (χ3n) is 3.95. The number of likely N-dealkylation sites (tertiary alicyclic amines) is 1. The maximum absolute atomic E-state index is 9.55. The van der Waals surface area contributed by atoms with Gasteiger partial charge in [-0.05, 0) is 50.4 Å². The van der Waals surface area contributed by atoms with E-state index < -0.39 is 0 Å². The standard InChI is InChI=1S/C14H22N2O2/c1-9-3-11(7-15)8-16(9)10(2)12-4-13(17)6-14(18)5-12/h4-6,9-11,17-18H,3,7-8,15H2,1-2H3. The lowest BCUT2D eigenvalue weighted by molar-refractivity contribution is 0.200. The maximum atomic E-state index is 9.55. The predicted octanol–water partition coefficient (Wildman–Crippen LogP) is 1.83. The molecule has 0 saturated carbocycles. The van der Waals surface area contributed by atoms with Crippen LogP contribution in [0.1, 0.15) is 31.9 Å². The van der Waals surface area contributed by atoms with Gasteiger partial charge in [0.15, 0.2) is 0 Å². The summed E-state index contributed by atoms with van der Waals surface area (Å²) in [6, 6.07) is 5.44. The molecular weight excluding hydrogens is 228 g/mol. The number of hydrogen-bond donors (Lipinski definition) is 3. The molecule has 1 aromatic carbocycles. The molecule has 4 N–H and O–H groups in total. The van der Waals surface area contributed by atoms with Crippen molar-refractivity contribution in [3.63, 3.8) is 0 Å². The van der Waals surface area contributed by atoms with E-state index in [0.717, 1.165) is 25.1 Å². The molecule has 1 aromatic rings. The SMILES string of the molecule is CC1CC(CN)CN1C(C)c1cc(O)cc(O)c1. The van der Waals surface area contributed by atoms with Crippen molar-refractivity contribution in [2.24, 2.45) is 11.7 Å². The number of nitrogens with two attached hydrogens (primary N) is 1. The molecule has 1 fully saturated rings. The van der Waals surface area contributed by atoms with E-state index >= 15 is 0 Å². The first-order valence-corrected chi connectivity index (χ1v) is 6.50. The number of nitrogens with zero attached hydrogens (tertiary/aromatic N) is 1. The van der Waals surface area contributed by atoms with Crippen LogP contribution in [0.25, 0.3) is 0 Å². The lowest BCUT2D eigenvalue weighted by Gasteiger charge is -2.29. The fourth-order valence-corrected chi connectivity index (χ4v) is 2.93. The van der Waals surface area contributed by atoms with Crippen LogP contribution in [0.5, 0.6) is 11.5 Å². The molecule has 0 aromatic heterocycles. The summed E-state index contributed by atoms with van der Waals surface area (Å²) in [6.45, 7) is 6.01. The van der Waals surface area contributed by atoms with Crippen molar-refractivity contribution in [1.82, 2.24) is 4.90 Å². The van der Waals surface area contributed by atoms with Gasteiger partial charge in [0.1, 0.15) is 11.5 Å². The Labute approximate surface area is 108 Å². The molecule has 2 rings (SSSR count). The van der Waals surface area contributed by atoms with E-state index in [0.29, 0.717) is 12.0 Å². The molecule has 4 nitrogen and oxygen atoms in total. The van der Waals surface area contributed by atoms with Gasteiger partial charge in [0, 0.05) is 24.7 Å². The summed E-state index contributed by atoms with van der Waals surface area (Å²) in [6.07, 6.45) is 1.12. The molecule has 3 unspecified atom stereocenters. The predicted molar refractivity (Wildman–Crippen MR) is 71.5 cm³/mol. The quantitative estimate of drug-likeness (QED) is 0.765. The zero-order valence-electron chi connectivity index (χ0n) is 11.0. The monoisotopic (exact) mass is 250 g/mol. The summed E-state index contributed by atoms with van der Waals surface area (Å²) in [5, 5.41) is 19.1. The largest absolute Gasteiger partial charge is 0.508 e. The Kier molecular flexibility index (Phi) is 3.78. The van der Waals surface area contributed by atoms with Gasteiger partial charge in [-0.3, -0.25) is 4.90 Å². The number of phenolic OH excluding ortho intramolecular Hbond substituents is 2. The molecule has 3 atom stereocenters. The minimum Gasteiger partial charge on any atom is -0.508 e. The molecular formula is C14H22N2O2. The van der Waals surface area contributed by atoms with Crippen molar-refractivity contribution in [2.75, 3.05) is 13.1 Å². The van der Waals surface area contributed by atoms with Crippen LogP contribution in [0.15, 0.2) is 18.2 Å². The average Bonchev–Trinajstić information content (AvgIpc) is 2.68. The molecule has 0 radical (unpaired) electrons. The second kappa shape index (κ2) is 5.16. The van der Waals surface area contributed by atoms with Crippen LogP contribution in [0, 0.1) is 5.92 Å². The van der Waals surface area contributed by atoms with E-state index in [-0.39, 0.29) is 17.5 Å². The zero-order chi connectivity index (χ0) is 13.3. The van der Waals surface area contributed by atoms with E-state index in [4.69, 9.17) is 5.73 Å². The fraction of sp³-hybridized carbons (Fsp3) is 0.571. The first-order valence-electron chi connectivity index (χ1n) is 6.50. The number of benzene rings is 1. The van der Waals surface area contributed by atoms with Crippen LogP contribution >= 0.6 is 0 Å². The van der Waals surface area contributed by atoms with Crippen molar-refractivity contribution in [2.45, 2.75) is 32.4 Å². The third kappa shape index (κ3) is 2.60. The van der Waals surface area contributed by atoms with Crippen LogP contribution in [0.4, 0.5) is 0 Å². The van der Waals surface area contributed by atoms with Gasteiger partial charge >= 0.3 is 0 Å². The van der Waals surface area contributed by atoms with Crippen molar-refractivity contribution in [1.29, 1.82) is 0 Å². The fourth-order valence-electron chi connectivity index (χ4n) is 2.93. The van der Waals surface area contributed by atoms with E-state index in [9.17, 15) is 10.2 Å². The Hall–Kier alpha value is -1.26. The molecule has 0 bridgehead atoms. The van der Waals surface area contributed by atoms with E-state index in [2.05, 4.69) is 18.7 Å². The highest BCUT2D eigenvalue weighted by Crippen LogP contribution is 2.34. The molecule has 0 amide bonds. The molecule has 18 heavy (non-hydrogen) atoms. The van der Waals surface area contributed by atoms with Crippen LogP contribution < -0.4 is 5.73 Å². The highest BCUT2D eigenvalue weighted by atomic mass is 16.3. The Balaban J connectivity index is 2.18. The van der Waals surface area contributed by atoms with E-state index in [1.54, 1.807) is 12.1 Å². The van der Waals surface area contributed by atoms with Gasteiger partial charge in [0.05, 0.1) is 0 Å². The molecule has 1 aliphatic heterocycles. The number of aromatic hydroxyl groups is 2. The molecule has 0 aliphatic carbocycles. The van der Waals surface area contributed by atoms with Crippen LogP contribution in [-0.4, -0.2) is 34.2 Å². The van der Waals surface area contributed by atoms with Crippen molar-refractivity contribution in [3.8, 4) is 11.5 Å². The summed E-state index contributed by atoms with van der Waals surface area (Å²) < 4.78 is 0. The number of phenols is 2. The van der Waals surface area contributed by atoms with Gasteiger partial charge in [-0.2, -0.15) is 0 Å². The van der Waals surface area contributed by atoms with Gasteiger partial charge in [0.25, 0.3) is 0 Å². The van der Waals surface area contributed by atoms with Gasteiger partial charge < -0.3 is 15.9 Å². The number of hydrogen-bond acceptors (Lipinski definition) is 4. The molecule has 1 saturated heterocycles. The second-order valence-electron chi connectivity index (χ2n) is 5.34. The van der Waals surface area contributed by atoms with Crippen molar-refractivity contribution < 1.29 is 10.2 Å². The summed E-state index contributed by atoms with van der Waals surface area (Å²) in [4.78, 5) is 2.38. The summed E-state index contributed by atoms with van der Waals surface area (Å²) >= 11 is 0. The Bertz CT molecular complexity index is 402. The lowest BCUT2D eigenvalue weighted by Crippen LogP contribution is -2.30. The molecule has 1 heterocycles. The Morgan fingerprint density at radius 1 is 1.33 bits per heavy atom. The minimum absolute atomic E-state index is 0.110. The van der Waals surface area contributed by atoms with Gasteiger partial charge in [-0.15, -0.1) is 0 Å². The zero-order valence-corrected chi connectivity index (χ0v) is 11.0. The highest BCUT2D eigenvalue weighted by Gasteiger charge is 2.31. The smallest absolute Gasteiger partial charge is 0.119 e. The summed E-state index contributed by atoms with van der Waals surface area (Å²) in [7, 11) is 0. The third-order valence-corrected chi connectivity index (χ3v) is 3.95. The molecule has 100 valence electrons. The van der Waals surface area contributed by atoms with E-state index in [1.165, 1.54) is 6.07 Å². The Morgan fingerprint density at radius 2 is 1.94 bits per heavy atom. The molecule has 4 heteroatoms. The molecule has 1 aliphatic rings. The highest BCUT2D eigenvalue weighted by molar-refractivity contribution is 5.38. The van der Waals surface area contributed by atoms with E-state index in [1.807, 2.05) is 0 Å². The Morgan fingerprint density at radius 3 is 2.44 bits per heavy atom. The lowest BCUT2D eigenvalue weighted by atomic mass is 10.1. The maximum Gasteiger partial charge on any atom is 0.119 e. The number of rotatable bonds is 3. The van der Waals surface area contributed by atoms with Gasteiger partial charge in [0.2, 0.25) is 0 Å². The van der Waals surface area contributed by atoms with Crippen molar-refractivity contribution >= 4 is 0 Å².